The number of nitrogens with one attached hydrogen (secondary N) is 3. The molecule has 0 aliphatic carbocycles. The van der Waals surface area contributed by atoms with Gasteiger partial charge >= 0.3 is 0 Å². The minimum absolute atomic E-state index is 0. The largest absolute Gasteiger partial charge is 0.488 e. The number of hydrogen-bond acceptors (Lipinski definition) is 3. The molecule has 2 aromatic carbocycles. The van der Waals surface area contributed by atoms with Gasteiger partial charge in [-0.3, -0.25) is 4.79 Å². The maximum absolute atomic E-state index is 11.9. The van der Waals surface area contributed by atoms with E-state index in [1.54, 1.807) is 0 Å². The third-order valence-corrected chi connectivity index (χ3v) is 4.15. The third kappa shape index (κ3) is 9.59. The summed E-state index contributed by atoms with van der Waals surface area (Å²) < 4.78 is 6.07. The van der Waals surface area contributed by atoms with Gasteiger partial charge in [0.15, 0.2) is 5.96 Å². The lowest BCUT2D eigenvalue weighted by atomic mass is 10.1. The minimum atomic E-state index is -0.255. The van der Waals surface area contributed by atoms with E-state index in [9.17, 15) is 4.79 Å². The average molecular weight is 538 g/mol. The van der Waals surface area contributed by atoms with E-state index < -0.39 is 0 Å². The second-order valence-electron chi connectivity index (χ2n) is 7.93. The van der Waals surface area contributed by atoms with Crippen molar-refractivity contribution in [1.82, 2.24) is 16.0 Å². The highest BCUT2D eigenvalue weighted by Crippen LogP contribution is 2.22. The van der Waals surface area contributed by atoms with Gasteiger partial charge in [-0.1, -0.05) is 30.3 Å². The molecule has 6 nitrogen and oxygen atoms in total. The first kappa shape index (κ1) is 26.7. The molecule has 0 heterocycles. The van der Waals surface area contributed by atoms with Crippen molar-refractivity contribution in [2.75, 3.05) is 13.1 Å². The molecule has 2 aromatic rings. The molecule has 0 fully saturated rings. The van der Waals surface area contributed by atoms with Crippen LogP contribution in [-0.4, -0.2) is 30.6 Å². The number of ether oxygens (including phenoxy) is 1. The summed E-state index contributed by atoms with van der Waals surface area (Å²) >= 11 is 0. The van der Waals surface area contributed by atoms with Crippen molar-refractivity contribution in [2.24, 2.45) is 4.99 Å². The molecule has 0 unspecified atom stereocenters. The fourth-order valence-electron chi connectivity index (χ4n) is 2.79. The molecule has 0 radical (unpaired) electrons. The third-order valence-electron chi connectivity index (χ3n) is 4.15. The number of carbonyl (C=O) groups is 1. The van der Waals surface area contributed by atoms with Crippen LogP contribution in [0, 0.1) is 0 Å². The Morgan fingerprint density at radius 2 is 1.58 bits per heavy atom. The van der Waals surface area contributed by atoms with E-state index in [1.807, 2.05) is 77.1 Å². The number of aliphatic imine (C=N–C) groups is 1. The molecule has 0 aromatic heterocycles. The topological polar surface area (TPSA) is 74.8 Å². The molecular weight excluding hydrogens is 503 g/mol. The summed E-state index contributed by atoms with van der Waals surface area (Å²) in [6.45, 7) is 12.6. The number of hydrogen-bond donors (Lipinski definition) is 3. The predicted molar refractivity (Wildman–Crippen MR) is 138 cm³/mol. The van der Waals surface area contributed by atoms with Crippen molar-refractivity contribution >= 4 is 35.8 Å². The summed E-state index contributed by atoms with van der Waals surface area (Å²) in [5.74, 6) is 1.55. The molecular formula is C24H35IN4O2. The standard InChI is InChI=1S/C24H34N4O2.HI/c1-6-25-22(29)19-14-12-18(13-15-19)16-27-23(26-7-2)28-17-20-10-8-9-11-21(20)30-24(3,4)5;/h8-15H,6-7,16-17H2,1-5H3,(H,25,29)(H2,26,27,28);1H. The van der Waals surface area contributed by atoms with E-state index in [4.69, 9.17) is 4.74 Å². The first-order valence-electron chi connectivity index (χ1n) is 10.5. The van der Waals surface area contributed by atoms with Gasteiger partial charge in [0.25, 0.3) is 5.91 Å². The van der Waals surface area contributed by atoms with E-state index in [0.29, 0.717) is 25.2 Å². The normalized spacial score (nSPS) is 11.3. The van der Waals surface area contributed by atoms with E-state index in [-0.39, 0.29) is 35.5 Å². The van der Waals surface area contributed by atoms with Gasteiger partial charge in [-0.05, 0) is 58.4 Å². The summed E-state index contributed by atoms with van der Waals surface area (Å²) in [6.07, 6.45) is 0. The number of guanidine groups is 1. The van der Waals surface area contributed by atoms with Crippen LogP contribution in [-0.2, 0) is 13.1 Å². The maximum Gasteiger partial charge on any atom is 0.251 e. The van der Waals surface area contributed by atoms with Crippen molar-refractivity contribution in [1.29, 1.82) is 0 Å². The zero-order chi connectivity index (χ0) is 22.0. The number of para-hydroxylation sites is 1. The fourth-order valence-corrected chi connectivity index (χ4v) is 2.79. The van der Waals surface area contributed by atoms with Gasteiger partial charge in [0, 0.05) is 30.8 Å². The highest BCUT2D eigenvalue weighted by Gasteiger charge is 2.14. The van der Waals surface area contributed by atoms with Crippen LogP contribution in [0.15, 0.2) is 53.5 Å². The van der Waals surface area contributed by atoms with Gasteiger partial charge < -0.3 is 20.7 Å². The number of rotatable bonds is 8. The number of carbonyl (C=O) groups excluding carboxylic acids is 1. The van der Waals surface area contributed by atoms with Crippen molar-refractivity contribution in [3.05, 3.63) is 65.2 Å². The van der Waals surface area contributed by atoms with Crippen LogP contribution in [0.5, 0.6) is 5.75 Å². The Labute approximate surface area is 203 Å². The zero-order valence-corrected chi connectivity index (χ0v) is 21.4. The van der Waals surface area contributed by atoms with Gasteiger partial charge in [-0.2, -0.15) is 0 Å². The van der Waals surface area contributed by atoms with E-state index >= 15 is 0 Å². The van der Waals surface area contributed by atoms with Crippen LogP contribution >= 0.6 is 24.0 Å². The fraction of sp³-hybridized carbons (Fsp3) is 0.417. The molecule has 0 bridgehead atoms. The first-order valence-corrected chi connectivity index (χ1v) is 10.5. The maximum atomic E-state index is 11.9. The first-order chi connectivity index (χ1) is 14.3. The summed E-state index contributed by atoms with van der Waals surface area (Å²) in [5, 5.41) is 9.45. The molecule has 1 amide bonds. The molecule has 0 atom stereocenters. The Kier molecular flexibility index (Phi) is 11.4. The van der Waals surface area contributed by atoms with Crippen LogP contribution in [0.25, 0.3) is 0 Å². The predicted octanol–water partition coefficient (Wildman–Crippen LogP) is 4.49. The van der Waals surface area contributed by atoms with Gasteiger partial charge in [0.2, 0.25) is 0 Å². The molecule has 7 heteroatoms. The lowest BCUT2D eigenvalue weighted by Gasteiger charge is -2.23. The van der Waals surface area contributed by atoms with E-state index in [2.05, 4.69) is 27.0 Å². The highest BCUT2D eigenvalue weighted by atomic mass is 127. The minimum Gasteiger partial charge on any atom is -0.488 e. The van der Waals surface area contributed by atoms with Crippen LogP contribution < -0.4 is 20.7 Å². The highest BCUT2D eigenvalue weighted by molar-refractivity contribution is 14.0. The van der Waals surface area contributed by atoms with E-state index in [1.165, 1.54) is 0 Å². The molecule has 0 saturated carbocycles. The Morgan fingerprint density at radius 3 is 2.19 bits per heavy atom. The van der Waals surface area contributed by atoms with Gasteiger partial charge in [-0.15, -0.1) is 24.0 Å². The number of nitrogens with zero attached hydrogens (tertiary/aromatic N) is 1. The lowest BCUT2D eigenvalue weighted by Crippen LogP contribution is -2.37. The SMILES string of the molecule is CCNC(=O)c1ccc(CN=C(NCC)NCc2ccccc2OC(C)(C)C)cc1.I. The summed E-state index contributed by atoms with van der Waals surface area (Å²) in [6, 6.07) is 15.6. The monoisotopic (exact) mass is 538 g/mol. The Morgan fingerprint density at radius 1 is 0.935 bits per heavy atom. The number of benzene rings is 2. The quantitative estimate of drug-likeness (QED) is 0.263. The Balaban J connectivity index is 0.00000480. The van der Waals surface area contributed by atoms with Crippen molar-refractivity contribution < 1.29 is 9.53 Å². The van der Waals surface area contributed by atoms with Gasteiger partial charge in [0.05, 0.1) is 6.54 Å². The average Bonchev–Trinajstić information content (AvgIpc) is 2.70. The second-order valence-corrected chi connectivity index (χ2v) is 7.93. The summed E-state index contributed by atoms with van der Waals surface area (Å²) in [4.78, 5) is 16.5. The molecule has 0 aliphatic heterocycles. The van der Waals surface area contributed by atoms with Crippen molar-refractivity contribution in [2.45, 2.75) is 53.3 Å². The molecule has 0 spiro atoms. The Bertz CT molecular complexity index is 845. The van der Waals surface area contributed by atoms with E-state index in [0.717, 1.165) is 29.4 Å². The van der Waals surface area contributed by atoms with Crippen LogP contribution in [0.4, 0.5) is 0 Å². The van der Waals surface area contributed by atoms with Gasteiger partial charge in [0.1, 0.15) is 11.4 Å². The van der Waals surface area contributed by atoms with Crippen LogP contribution in [0.2, 0.25) is 0 Å². The molecule has 3 N–H and O–H groups in total. The molecule has 0 aliphatic rings. The molecule has 2 rings (SSSR count). The summed E-state index contributed by atoms with van der Waals surface area (Å²) in [7, 11) is 0. The van der Waals surface area contributed by atoms with Crippen LogP contribution in [0.1, 0.15) is 56.1 Å². The molecule has 0 saturated heterocycles. The Hall–Kier alpha value is -2.29. The zero-order valence-electron chi connectivity index (χ0n) is 19.1. The second kappa shape index (κ2) is 13.2. The van der Waals surface area contributed by atoms with Crippen molar-refractivity contribution in [3.8, 4) is 5.75 Å². The number of amides is 1. The summed E-state index contributed by atoms with van der Waals surface area (Å²) in [5.41, 5.74) is 2.51. The number of halogens is 1. The lowest BCUT2D eigenvalue weighted by molar-refractivity contribution is 0.0955. The van der Waals surface area contributed by atoms with Crippen LogP contribution in [0.3, 0.4) is 0 Å². The molecule has 170 valence electrons. The molecule has 31 heavy (non-hydrogen) atoms. The van der Waals surface area contributed by atoms with Crippen molar-refractivity contribution in [3.63, 3.8) is 0 Å². The van der Waals surface area contributed by atoms with Gasteiger partial charge in [-0.25, -0.2) is 4.99 Å². The smallest absolute Gasteiger partial charge is 0.251 e.